The Hall–Kier alpha value is -1.09. The first-order chi connectivity index (χ1) is 6.27. The van der Waals surface area contributed by atoms with Crippen LogP contribution in [0.1, 0.15) is 0 Å². The summed E-state index contributed by atoms with van der Waals surface area (Å²) in [4.78, 5) is 1.98. The van der Waals surface area contributed by atoms with E-state index >= 15 is 0 Å². The van der Waals surface area contributed by atoms with E-state index in [2.05, 4.69) is 0 Å². The van der Waals surface area contributed by atoms with Gasteiger partial charge in [0.15, 0.2) is 0 Å². The van der Waals surface area contributed by atoms with E-state index in [9.17, 15) is 4.39 Å². The molecular weight excluding hydrogens is 167 g/mol. The van der Waals surface area contributed by atoms with Crippen LogP contribution in [0.5, 0.6) is 0 Å². The van der Waals surface area contributed by atoms with Gasteiger partial charge in [0.05, 0.1) is 12.6 Å². The zero-order valence-electron chi connectivity index (χ0n) is 7.36. The molecule has 3 heteroatoms. The molecule has 2 atom stereocenters. The van der Waals surface area contributed by atoms with Gasteiger partial charge in [-0.05, 0) is 12.1 Å². The number of nitrogens with zero attached hydrogens (tertiary/aromatic N) is 1. The molecule has 1 heterocycles. The Morgan fingerprint density at radius 1 is 1.23 bits per heavy atom. The summed E-state index contributed by atoms with van der Waals surface area (Å²) in [6.07, 6.45) is -0.889. The predicted molar refractivity (Wildman–Crippen MR) is 51.5 cm³/mol. The summed E-state index contributed by atoms with van der Waals surface area (Å²) < 4.78 is 13.1. The van der Waals surface area contributed by atoms with Crippen molar-refractivity contribution in [2.24, 2.45) is 5.73 Å². The molecule has 0 radical (unpaired) electrons. The van der Waals surface area contributed by atoms with Crippen molar-refractivity contribution in [2.75, 3.05) is 18.0 Å². The molecule has 1 fully saturated rings. The molecule has 1 aromatic carbocycles. The highest BCUT2D eigenvalue weighted by Gasteiger charge is 2.29. The summed E-state index contributed by atoms with van der Waals surface area (Å²) in [6, 6.07) is 9.47. The van der Waals surface area contributed by atoms with Gasteiger partial charge >= 0.3 is 0 Å². The van der Waals surface area contributed by atoms with Crippen molar-refractivity contribution < 1.29 is 4.39 Å². The predicted octanol–water partition coefficient (Wildman–Crippen LogP) is 1.17. The highest BCUT2D eigenvalue weighted by molar-refractivity contribution is 5.47. The molecule has 0 spiro atoms. The van der Waals surface area contributed by atoms with Gasteiger partial charge in [0.25, 0.3) is 0 Å². The second kappa shape index (κ2) is 3.34. The van der Waals surface area contributed by atoms with Crippen LogP contribution in [0.4, 0.5) is 10.1 Å². The fraction of sp³-hybridized carbons (Fsp3) is 0.400. The Labute approximate surface area is 77.2 Å². The van der Waals surface area contributed by atoms with Crippen LogP contribution in [0.2, 0.25) is 0 Å². The second-order valence-corrected chi connectivity index (χ2v) is 3.42. The van der Waals surface area contributed by atoms with Crippen LogP contribution in [-0.4, -0.2) is 25.3 Å². The van der Waals surface area contributed by atoms with E-state index in [-0.39, 0.29) is 6.04 Å². The molecule has 0 saturated carbocycles. The molecule has 2 N–H and O–H groups in total. The first-order valence-corrected chi connectivity index (χ1v) is 4.47. The lowest BCUT2D eigenvalue weighted by Crippen LogP contribution is -2.30. The van der Waals surface area contributed by atoms with Gasteiger partial charge in [0.1, 0.15) is 6.17 Å². The van der Waals surface area contributed by atoms with Crippen molar-refractivity contribution in [3.8, 4) is 0 Å². The molecule has 70 valence electrons. The normalized spacial score (nSPS) is 28.0. The van der Waals surface area contributed by atoms with Gasteiger partial charge in [-0.3, -0.25) is 0 Å². The lowest BCUT2D eigenvalue weighted by molar-refractivity contribution is 0.333. The molecule has 2 nitrogen and oxygen atoms in total. The number of benzene rings is 1. The number of halogens is 1. The van der Waals surface area contributed by atoms with Gasteiger partial charge in [-0.25, -0.2) is 4.39 Å². The van der Waals surface area contributed by atoms with Crippen molar-refractivity contribution in [1.29, 1.82) is 0 Å². The summed E-state index contributed by atoms with van der Waals surface area (Å²) in [5.41, 5.74) is 6.64. The van der Waals surface area contributed by atoms with Crippen LogP contribution >= 0.6 is 0 Å². The molecule has 0 aromatic heterocycles. The van der Waals surface area contributed by atoms with Crippen LogP contribution in [-0.2, 0) is 0 Å². The molecule has 0 amide bonds. The minimum absolute atomic E-state index is 0.333. The fourth-order valence-electron chi connectivity index (χ4n) is 1.64. The Bertz CT molecular complexity index is 266. The van der Waals surface area contributed by atoms with E-state index in [0.29, 0.717) is 13.1 Å². The molecule has 2 unspecified atom stereocenters. The molecular formula is C10H13FN2. The first kappa shape index (κ1) is 8.51. The SMILES string of the molecule is NC1CN(c2ccccc2)CC1F. The third-order valence-electron chi connectivity index (χ3n) is 2.41. The summed E-state index contributed by atoms with van der Waals surface area (Å²) in [7, 11) is 0. The molecule has 1 aliphatic rings. The van der Waals surface area contributed by atoms with Crippen LogP contribution in [0.15, 0.2) is 30.3 Å². The highest BCUT2D eigenvalue weighted by Crippen LogP contribution is 2.20. The maximum absolute atomic E-state index is 13.1. The third kappa shape index (κ3) is 1.65. The zero-order valence-corrected chi connectivity index (χ0v) is 7.36. The average molecular weight is 180 g/mol. The van der Waals surface area contributed by atoms with Gasteiger partial charge in [0, 0.05) is 12.2 Å². The summed E-state index contributed by atoms with van der Waals surface area (Å²) in [6.45, 7) is 1.04. The van der Waals surface area contributed by atoms with Crippen molar-refractivity contribution in [1.82, 2.24) is 0 Å². The van der Waals surface area contributed by atoms with Gasteiger partial charge in [-0.1, -0.05) is 18.2 Å². The first-order valence-electron chi connectivity index (χ1n) is 4.47. The van der Waals surface area contributed by atoms with Crippen molar-refractivity contribution >= 4 is 5.69 Å². The number of anilines is 1. The standard InChI is InChI=1S/C10H13FN2/c11-9-6-13(7-10(9)12)8-4-2-1-3-5-8/h1-5,9-10H,6-7,12H2. The molecule has 13 heavy (non-hydrogen) atoms. The van der Waals surface area contributed by atoms with E-state index < -0.39 is 6.17 Å². The lowest BCUT2D eigenvalue weighted by atomic mass is 10.2. The van der Waals surface area contributed by atoms with Crippen LogP contribution in [0.3, 0.4) is 0 Å². The van der Waals surface area contributed by atoms with Gasteiger partial charge in [0.2, 0.25) is 0 Å². The Morgan fingerprint density at radius 2 is 1.92 bits per heavy atom. The maximum atomic E-state index is 13.1. The largest absolute Gasteiger partial charge is 0.367 e. The minimum Gasteiger partial charge on any atom is -0.367 e. The molecule has 2 rings (SSSR count). The fourth-order valence-corrected chi connectivity index (χ4v) is 1.64. The number of alkyl halides is 1. The maximum Gasteiger partial charge on any atom is 0.134 e. The van der Waals surface area contributed by atoms with Gasteiger partial charge in [-0.2, -0.15) is 0 Å². The Morgan fingerprint density at radius 3 is 2.46 bits per heavy atom. The van der Waals surface area contributed by atoms with E-state index in [1.807, 2.05) is 35.2 Å². The summed E-state index contributed by atoms with van der Waals surface area (Å²) in [5.74, 6) is 0. The monoisotopic (exact) mass is 180 g/mol. The number of para-hydroxylation sites is 1. The third-order valence-corrected chi connectivity index (χ3v) is 2.41. The minimum atomic E-state index is -0.889. The van der Waals surface area contributed by atoms with Crippen molar-refractivity contribution in [2.45, 2.75) is 12.2 Å². The second-order valence-electron chi connectivity index (χ2n) is 3.42. The highest BCUT2D eigenvalue weighted by atomic mass is 19.1. The number of nitrogens with two attached hydrogens (primary N) is 1. The van der Waals surface area contributed by atoms with E-state index in [1.54, 1.807) is 0 Å². The molecule has 1 saturated heterocycles. The molecule has 0 aliphatic carbocycles. The molecule has 1 aliphatic heterocycles. The van der Waals surface area contributed by atoms with E-state index in [0.717, 1.165) is 5.69 Å². The smallest absolute Gasteiger partial charge is 0.134 e. The van der Waals surface area contributed by atoms with E-state index in [1.165, 1.54) is 0 Å². The van der Waals surface area contributed by atoms with Crippen LogP contribution < -0.4 is 10.6 Å². The summed E-state index contributed by atoms with van der Waals surface area (Å²) >= 11 is 0. The van der Waals surface area contributed by atoms with Crippen molar-refractivity contribution in [3.05, 3.63) is 30.3 Å². The Balaban J connectivity index is 2.12. The lowest BCUT2D eigenvalue weighted by Gasteiger charge is -2.16. The van der Waals surface area contributed by atoms with Gasteiger partial charge in [-0.15, -0.1) is 0 Å². The Kier molecular flexibility index (Phi) is 2.19. The molecule has 0 bridgehead atoms. The average Bonchev–Trinajstić information content (AvgIpc) is 2.49. The number of rotatable bonds is 1. The number of hydrogen-bond acceptors (Lipinski definition) is 2. The van der Waals surface area contributed by atoms with Gasteiger partial charge < -0.3 is 10.6 Å². The molecule has 1 aromatic rings. The van der Waals surface area contributed by atoms with Crippen molar-refractivity contribution in [3.63, 3.8) is 0 Å². The summed E-state index contributed by atoms with van der Waals surface area (Å²) in [5, 5.41) is 0. The van der Waals surface area contributed by atoms with Crippen LogP contribution in [0, 0.1) is 0 Å². The van der Waals surface area contributed by atoms with E-state index in [4.69, 9.17) is 5.73 Å². The quantitative estimate of drug-likeness (QED) is 0.703. The number of hydrogen-bond donors (Lipinski definition) is 1. The topological polar surface area (TPSA) is 29.3 Å². The zero-order chi connectivity index (χ0) is 9.26. The van der Waals surface area contributed by atoms with Crippen LogP contribution in [0.25, 0.3) is 0 Å².